The number of fused-ring (bicyclic) bond motifs is 3. The molecule has 3 aliphatic rings. The summed E-state index contributed by atoms with van der Waals surface area (Å²) >= 11 is 12.5. The lowest BCUT2D eigenvalue weighted by atomic mass is 9.89. The van der Waals surface area contributed by atoms with Gasteiger partial charge in [0, 0.05) is 48.3 Å². The van der Waals surface area contributed by atoms with Gasteiger partial charge in [-0.2, -0.15) is 5.10 Å². The monoisotopic (exact) mass is 604 g/mol. The second-order valence-electron chi connectivity index (χ2n) is 10.9. The maximum Gasteiger partial charge on any atom is 0.416 e. The summed E-state index contributed by atoms with van der Waals surface area (Å²) in [6.45, 7) is 4.08. The van der Waals surface area contributed by atoms with Crippen molar-refractivity contribution in [1.82, 2.24) is 14.9 Å². The van der Waals surface area contributed by atoms with Gasteiger partial charge in [-0.3, -0.25) is 9.91 Å². The number of aromatic amines is 1. The van der Waals surface area contributed by atoms with Gasteiger partial charge in [0.2, 0.25) is 0 Å². The molecule has 3 atom stereocenters. The number of allylic oxidation sites excluding steroid dienone is 2. The maximum atomic E-state index is 13.5. The van der Waals surface area contributed by atoms with Crippen LogP contribution < -0.4 is 9.47 Å². The molecule has 3 unspecified atom stereocenters. The molecule has 1 aliphatic carbocycles. The number of hydrogen-bond acceptors (Lipinski definition) is 5. The Bertz CT molecular complexity index is 1500. The van der Waals surface area contributed by atoms with E-state index < -0.39 is 6.09 Å². The van der Waals surface area contributed by atoms with E-state index in [1.165, 1.54) is 11.1 Å². The van der Waals surface area contributed by atoms with E-state index in [-0.39, 0.29) is 11.4 Å². The van der Waals surface area contributed by atoms with Crippen LogP contribution in [0.3, 0.4) is 0 Å². The summed E-state index contributed by atoms with van der Waals surface area (Å²) < 4.78 is 11.8. The maximum absolute atomic E-state index is 13.5. The van der Waals surface area contributed by atoms with Crippen LogP contribution in [-0.4, -0.2) is 52.3 Å². The zero-order valence-corrected chi connectivity index (χ0v) is 25.0. The molecule has 0 bridgehead atoms. The van der Waals surface area contributed by atoms with Crippen LogP contribution in [0.2, 0.25) is 5.02 Å². The molecular formula is C33H34Cl2N4O3. The summed E-state index contributed by atoms with van der Waals surface area (Å²) in [6, 6.07) is 14.5. The second-order valence-corrected chi connectivity index (χ2v) is 11.9. The van der Waals surface area contributed by atoms with E-state index in [0.717, 1.165) is 54.9 Å². The Kier molecular flexibility index (Phi) is 8.58. The van der Waals surface area contributed by atoms with Crippen LogP contribution in [0, 0.1) is 5.92 Å². The molecule has 0 saturated carbocycles. The number of carbonyl (C=O) groups excluding carboxylic acids is 1. The fourth-order valence-corrected chi connectivity index (χ4v) is 6.03. The lowest BCUT2D eigenvalue weighted by Crippen LogP contribution is -2.42. The molecule has 0 spiro atoms. The predicted octanol–water partition coefficient (Wildman–Crippen LogP) is 7.60. The van der Waals surface area contributed by atoms with Crippen molar-refractivity contribution in [2.24, 2.45) is 11.0 Å². The Labute approximate surface area is 256 Å². The van der Waals surface area contributed by atoms with Crippen molar-refractivity contribution in [3.05, 3.63) is 100.0 Å². The number of nitrogens with zero attached hydrogens (tertiary/aromatic N) is 3. The number of rotatable bonds is 7. The lowest BCUT2D eigenvalue weighted by molar-refractivity contribution is 0.135. The number of hydrogen-bond donors (Lipinski definition) is 1. The fourth-order valence-electron chi connectivity index (χ4n) is 5.68. The molecule has 0 radical (unpaired) electrons. The third-order valence-electron chi connectivity index (χ3n) is 7.89. The molecule has 2 aliphatic heterocycles. The van der Waals surface area contributed by atoms with Crippen LogP contribution in [-0.2, 0) is 12.8 Å². The number of benzene rings is 2. The smallest absolute Gasteiger partial charge is 0.416 e. The van der Waals surface area contributed by atoms with E-state index >= 15 is 0 Å². The molecule has 1 aromatic heterocycles. The quantitative estimate of drug-likeness (QED) is 0.223. The summed E-state index contributed by atoms with van der Waals surface area (Å²) in [5, 5.41) is 7.00. The first-order valence-corrected chi connectivity index (χ1v) is 15.3. The third-order valence-corrected chi connectivity index (χ3v) is 8.44. The molecule has 2 aromatic carbocycles. The highest BCUT2D eigenvalue weighted by Gasteiger charge is 2.37. The van der Waals surface area contributed by atoms with E-state index in [0.29, 0.717) is 29.8 Å². The van der Waals surface area contributed by atoms with E-state index in [2.05, 4.69) is 23.1 Å². The van der Waals surface area contributed by atoms with E-state index in [4.69, 9.17) is 32.7 Å². The normalized spacial score (nSPS) is 21.1. The highest BCUT2D eigenvalue weighted by atomic mass is 35.5. The van der Waals surface area contributed by atoms with Gasteiger partial charge >= 0.3 is 6.09 Å². The average Bonchev–Trinajstić information content (AvgIpc) is 3.23. The molecule has 0 saturated heterocycles. The number of aromatic nitrogens is 1. The molecule has 3 heterocycles. The second kappa shape index (κ2) is 12.7. The van der Waals surface area contributed by atoms with Gasteiger partial charge in [0.05, 0.1) is 12.0 Å². The fraction of sp³-hybridized carbons (Fsp3) is 0.333. The SMILES string of the molecule is CC1C=CN(CCCOc2ccc(C3c4[nH]c5c(c4CCN3C(=O)Oc3ccc(Cl)cc3)CC(Cl)C=C5)cc2)N=CC1. The molecular weight excluding hydrogens is 571 g/mol. The molecule has 1 amide bonds. The highest BCUT2D eigenvalue weighted by Crippen LogP contribution is 2.40. The van der Waals surface area contributed by atoms with Crippen molar-refractivity contribution in [3.8, 4) is 11.5 Å². The van der Waals surface area contributed by atoms with Crippen LogP contribution >= 0.6 is 23.2 Å². The van der Waals surface area contributed by atoms with Gasteiger partial charge in [-0.1, -0.05) is 42.8 Å². The van der Waals surface area contributed by atoms with Crippen molar-refractivity contribution in [1.29, 1.82) is 0 Å². The van der Waals surface area contributed by atoms with Gasteiger partial charge in [-0.25, -0.2) is 4.79 Å². The van der Waals surface area contributed by atoms with E-state index in [1.807, 2.05) is 53.8 Å². The van der Waals surface area contributed by atoms with E-state index in [9.17, 15) is 4.79 Å². The minimum absolute atomic E-state index is 0.0362. The van der Waals surface area contributed by atoms with Gasteiger partial charge in [0.15, 0.2) is 0 Å². The zero-order chi connectivity index (χ0) is 29.1. The molecule has 9 heteroatoms. The minimum Gasteiger partial charge on any atom is -0.494 e. The Balaban J connectivity index is 1.19. The number of alkyl halides is 1. The molecule has 0 fully saturated rings. The largest absolute Gasteiger partial charge is 0.494 e. The van der Waals surface area contributed by atoms with Gasteiger partial charge < -0.3 is 14.5 Å². The Morgan fingerprint density at radius 2 is 1.86 bits per heavy atom. The van der Waals surface area contributed by atoms with Crippen LogP contribution in [0.5, 0.6) is 11.5 Å². The van der Waals surface area contributed by atoms with E-state index in [1.54, 1.807) is 29.2 Å². The number of carbonyl (C=O) groups is 1. The summed E-state index contributed by atoms with van der Waals surface area (Å²) in [5.41, 5.74) is 5.51. The Morgan fingerprint density at radius 1 is 1.07 bits per heavy atom. The summed E-state index contributed by atoms with van der Waals surface area (Å²) in [7, 11) is 0. The minimum atomic E-state index is -0.411. The van der Waals surface area contributed by atoms with Gasteiger partial charge in [0.1, 0.15) is 17.5 Å². The van der Waals surface area contributed by atoms with Crippen molar-refractivity contribution in [2.45, 2.75) is 44.0 Å². The first-order chi connectivity index (χ1) is 20.4. The number of hydrazone groups is 1. The number of ether oxygens (including phenoxy) is 2. The van der Waals surface area contributed by atoms with Gasteiger partial charge in [-0.05, 0) is 84.3 Å². The number of halogens is 2. The molecule has 3 aromatic rings. The number of H-pyrrole nitrogens is 1. The summed E-state index contributed by atoms with van der Waals surface area (Å²) in [4.78, 5) is 18.9. The summed E-state index contributed by atoms with van der Waals surface area (Å²) in [5.74, 6) is 1.74. The van der Waals surface area contributed by atoms with Crippen LogP contribution in [0.15, 0.2) is 72.0 Å². The summed E-state index contributed by atoms with van der Waals surface area (Å²) in [6.07, 6.45) is 13.1. The number of nitrogens with one attached hydrogen (secondary N) is 1. The standard InChI is InChI=1S/C33H34Cl2N4O3/c1-22-13-16-36-38(18-14-22)17-2-20-41-26-8-3-23(4-9-26)32-31-28(29-21-25(35)7-12-30(29)37-31)15-19-39(32)33(40)42-27-10-5-24(34)6-11-27/h3-12,14,16,18,22,25,32,37H,2,13,15,17,19-21H2,1H3. The van der Waals surface area contributed by atoms with Crippen molar-refractivity contribution >= 4 is 41.6 Å². The van der Waals surface area contributed by atoms with Crippen molar-refractivity contribution in [3.63, 3.8) is 0 Å². The first-order valence-electron chi connectivity index (χ1n) is 14.4. The zero-order valence-electron chi connectivity index (χ0n) is 23.5. The van der Waals surface area contributed by atoms with Crippen molar-refractivity contribution in [2.75, 3.05) is 19.7 Å². The topological polar surface area (TPSA) is 70.2 Å². The molecule has 1 N–H and O–H groups in total. The van der Waals surface area contributed by atoms with Crippen LogP contribution in [0.4, 0.5) is 4.79 Å². The molecule has 42 heavy (non-hydrogen) atoms. The van der Waals surface area contributed by atoms with Gasteiger partial charge in [-0.15, -0.1) is 11.6 Å². The molecule has 6 rings (SSSR count). The Morgan fingerprint density at radius 3 is 2.67 bits per heavy atom. The van der Waals surface area contributed by atoms with Gasteiger partial charge in [0.25, 0.3) is 0 Å². The number of amides is 1. The van der Waals surface area contributed by atoms with Crippen molar-refractivity contribution < 1.29 is 14.3 Å². The highest BCUT2D eigenvalue weighted by molar-refractivity contribution is 6.30. The molecule has 218 valence electrons. The van der Waals surface area contributed by atoms with Crippen LogP contribution in [0.25, 0.3) is 6.08 Å². The predicted molar refractivity (Wildman–Crippen MR) is 168 cm³/mol. The Hall–Kier alpha value is -3.68. The average molecular weight is 606 g/mol. The molecule has 7 nitrogen and oxygen atoms in total. The van der Waals surface area contributed by atoms with Crippen LogP contribution in [0.1, 0.15) is 53.9 Å². The first kappa shape index (κ1) is 28.4. The third kappa shape index (κ3) is 6.37. The lowest BCUT2D eigenvalue weighted by Gasteiger charge is -2.35.